The second-order valence-electron chi connectivity index (χ2n) is 6.54. The number of rotatable bonds is 7. The van der Waals surface area contributed by atoms with Crippen LogP contribution in [0.15, 0.2) is 48.5 Å². The first-order chi connectivity index (χ1) is 14.4. The monoisotopic (exact) mass is 427 g/mol. The first kappa shape index (κ1) is 21.4. The lowest BCUT2D eigenvalue weighted by Crippen LogP contribution is -2.37. The molecule has 3 aromatic rings. The van der Waals surface area contributed by atoms with Crippen molar-refractivity contribution in [2.24, 2.45) is 0 Å². The van der Waals surface area contributed by atoms with Crippen LogP contribution in [0.1, 0.15) is 22.3 Å². The molecule has 8 heteroatoms. The van der Waals surface area contributed by atoms with Crippen molar-refractivity contribution in [2.75, 3.05) is 25.5 Å². The van der Waals surface area contributed by atoms with Gasteiger partial charge in [0.2, 0.25) is 5.91 Å². The summed E-state index contributed by atoms with van der Waals surface area (Å²) in [4.78, 5) is 31.8. The van der Waals surface area contributed by atoms with Crippen molar-refractivity contribution < 1.29 is 18.7 Å². The number of hydrogen-bond acceptors (Lipinski definition) is 5. The fourth-order valence-corrected chi connectivity index (χ4v) is 3.87. The zero-order valence-electron chi connectivity index (χ0n) is 16.9. The Kier molecular flexibility index (Phi) is 6.79. The van der Waals surface area contributed by atoms with Gasteiger partial charge >= 0.3 is 0 Å². The molecule has 6 nitrogen and oxygen atoms in total. The van der Waals surface area contributed by atoms with Gasteiger partial charge in [0.25, 0.3) is 5.91 Å². The van der Waals surface area contributed by atoms with E-state index in [1.54, 1.807) is 50.4 Å². The van der Waals surface area contributed by atoms with Crippen molar-refractivity contribution in [1.82, 2.24) is 9.88 Å². The average Bonchev–Trinajstić information content (AvgIpc) is 3.14. The maximum Gasteiger partial charge on any atom is 0.266 e. The van der Waals surface area contributed by atoms with E-state index in [-0.39, 0.29) is 24.2 Å². The first-order valence-corrected chi connectivity index (χ1v) is 10.2. The number of anilines is 1. The normalized spacial score (nSPS) is 10.5. The van der Waals surface area contributed by atoms with Gasteiger partial charge in [-0.05, 0) is 62.4 Å². The molecule has 30 heavy (non-hydrogen) atoms. The molecule has 0 saturated carbocycles. The van der Waals surface area contributed by atoms with Gasteiger partial charge in [0, 0.05) is 17.8 Å². The number of amides is 2. The average molecular weight is 428 g/mol. The van der Waals surface area contributed by atoms with Crippen LogP contribution in [0, 0.1) is 12.7 Å². The van der Waals surface area contributed by atoms with Gasteiger partial charge in [0.1, 0.15) is 28.0 Å². The van der Waals surface area contributed by atoms with Crippen LogP contribution in [0.5, 0.6) is 5.75 Å². The van der Waals surface area contributed by atoms with E-state index in [0.717, 1.165) is 5.56 Å². The second-order valence-corrected chi connectivity index (χ2v) is 7.54. The Morgan fingerprint density at radius 3 is 2.40 bits per heavy atom. The minimum atomic E-state index is -0.330. The number of likely N-dealkylation sites (N-methyl/N-ethyl adjacent to an activating group) is 1. The Bertz CT molecular complexity index is 1030. The van der Waals surface area contributed by atoms with E-state index in [4.69, 9.17) is 4.74 Å². The number of halogens is 1. The zero-order chi connectivity index (χ0) is 21.7. The Hall–Kier alpha value is -3.26. The summed E-state index contributed by atoms with van der Waals surface area (Å²) in [7, 11) is 1.57. The molecule has 156 valence electrons. The molecule has 0 aliphatic heterocycles. The number of aryl methyl sites for hydroxylation is 1. The van der Waals surface area contributed by atoms with Crippen molar-refractivity contribution in [3.05, 3.63) is 64.9 Å². The fourth-order valence-electron chi connectivity index (χ4n) is 2.83. The predicted octanol–water partition coefficient (Wildman–Crippen LogP) is 4.37. The van der Waals surface area contributed by atoms with Crippen molar-refractivity contribution in [3.8, 4) is 16.3 Å². The largest absolute Gasteiger partial charge is 0.497 e. The smallest absolute Gasteiger partial charge is 0.266 e. The van der Waals surface area contributed by atoms with Gasteiger partial charge in [0.05, 0.1) is 12.8 Å². The van der Waals surface area contributed by atoms with E-state index in [2.05, 4.69) is 10.3 Å². The Morgan fingerprint density at radius 1 is 1.13 bits per heavy atom. The lowest BCUT2D eigenvalue weighted by atomic mass is 10.2. The van der Waals surface area contributed by atoms with Gasteiger partial charge in [-0.1, -0.05) is 0 Å². The summed E-state index contributed by atoms with van der Waals surface area (Å²) in [5.74, 6) is -0.193. The Morgan fingerprint density at radius 2 is 1.80 bits per heavy atom. The van der Waals surface area contributed by atoms with Crippen LogP contribution in [-0.4, -0.2) is 41.9 Å². The number of carbonyl (C=O) groups excluding carboxylic acids is 2. The molecule has 1 heterocycles. The number of methoxy groups -OCH3 is 1. The summed E-state index contributed by atoms with van der Waals surface area (Å²) >= 11 is 1.24. The number of benzene rings is 2. The van der Waals surface area contributed by atoms with Gasteiger partial charge in [0.15, 0.2) is 0 Å². The maximum atomic E-state index is 13.2. The third kappa shape index (κ3) is 5.01. The molecule has 1 N–H and O–H groups in total. The van der Waals surface area contributed by atoms with Gasteiger partial charge in [-0.2, -0.15) is 0 Å². The number of thiazole rings is 1. The number of nitrogens with one attached hydrogen (secondary N) is 1. The highest BCUT2D eigenvalue weighted by Gasteiger charge is 2.23. The molecule has 0 aliphatic rings. The van der Waals surface area contributed by atoms with Gasteiger partial charge in [-0.15, -0.1) is 11.3 Å². The topological polar surface area (TPSA) is 71.5 Å². The molecule has 0 saturated heterocycles. The molecule has 0 fully saturated rings. The van der Waals surface area contributed by atoms with E-state index >= 15 is 0 Å². The first-order valence-electron chi connectivity index (χ1n) is 9.37. The number of aromatic nitrogens is 1. The van der Waals surface area contributed by atoms with Crippen LogP contribution >= 0.6 is 11.3 Å². The molecule has 0 atom stereocenters. The van der Waals surface area contributed by atoms with Crippen LogP contribution in [0.25, 0.3) is 10.6 Å². The van der Waals surface area contributed by atoms with Gasteiger partial charge in [-0.25, -0.2) is 9.37 Å². The number of ether oxygens (including phenoxy) is 1. The molecule has 0 spiro atoms. The van der Waals surface area contributed by atoms with Crippen LogP contribution in [0.3, 0.4) is 0 Å². The summed E-state index contributed by atoms with van der Waals surface area (Å²) in [6.07, 6.45) is 0. The Labute approximate surface area is 178 Å². The summed E-state index contributed by atoms with van der Waals surface area (Å²) in [5, 5.41) is 3.41. The lowest BCUT2D eigenvalue weighted by Gasteiger charge is -2.20. The van der Waals surface area contributed by atoms with Crippen LogP contribution in [0.4, 0.5) is 10.1 Å². The standard InChI is InChI=1S/C22H22FN3O3S/c1-4-26(13-19(27)25-17-9-11-18(29-3)12-10-17)22(28)20-14(2)24-21(30-20)15-5-7-16(23)8-6-15/h5-12H,4,13H2,1-3H3,(H,25,27). The van der Waals surface area contributed by atoms with Crippen molar-refractivity contribution in [3.63, 3.8) is 0 Å². The molecule has 0 unspecified atom stereocenters. The summed E-state index contributed by atoms with van der Waals surface area (Å²) in [5.41, 5.74) is 1.94. The van der Waals surface area contributed by atoms with Crippen LogP contribution in [0.2, 0.25) is 0 Å². The molecule has 1 aromatic heterocycles. The SMILES string of the molecule is CCN(CC(=O)Nc1ccc(OC)cc1)C(=O)c1sc(-c2ccc(F)cc2)nc1C. The van der Waals surface area contributed by atoms with Crippen LogP contribution in [-0.2, 0) is 4.79 Å². The highest BCUT2D eigenvalue weighted by molar-refractivity contribution is 7.17. The second kappa shape index (κ2) is 9.49. The van der Waals surface area contributed by atoms with E-state index in [1.807, 2.05) is 6.92 Å². The van der Waals surface area contributed by atoms with Crippen molar-refractivity contribution in [1.29, 1.82) is 0 Å². The molecule has 0 aliphatic carbocycles. The zero-order valence-corrected chi connectivity index (χ0v) is 17.8. The highest BCUT2D eigenvalue weighted by Crippen LogP contribution is 2.29. The number of hydrogen-bond donors (Lipinski definition) is 1. The minimum absolute atomic E-state index is 0.0788. The highest BCUT2D eigenvalue weighted by atomic mass is 32.1. The number of nitrogens with zero attached hydrogens (tertiary/aromatic N) is 2. The summed E-state index contributed by atoms with van der Waals surface area (Å²) < 4.78 is 18.3. The maximum absolute atomic E-state index is 13.2. The minimum Gasteiger partial charge on any atom is -0.497 e. The molecule has 2 aromatic carbocycles. The van der Waals surface area contributed by atoms with E-state index in [1.165, 1.54) is 28.4 Å². The Balaban J connectivity index is 1.70. The lowest BCUT2D eigenvalue weighted by molar-refractivity contribution is -0.116. The molecular formula is C22H22FN3O3S. The molecule has 3 rings (SSSR count). The predicted molar refractivity (Wildman–Crippen MR) is 115 cm³/mol. The van der Waals surface area contributed by atoms with Crippen LogP contribution < -0.4 is 10.1 Å². The fraction of sp³-hybridized carbons (Fsp3) is 0.227. The molecule has 0 radical (unpaired) electrons. The summed E-state index contributed by atoms with van der Waals surface area (Å²) in [6.45, 7) is 3.86. The third-order valence-electron chi connectivity index (χ3n) is 4.46. The van der Waals surface area contributed by atoms with E-state index in [9.17, 15) is 14.0 Å². The molecular weight excluding hydrogens is 405 g/mol. The molecule has 2 amide bonds. The third-order valence-corrected chi connectivity index (χ3v) is 5.65. The van der Waals surface area contributed by atoms with Crippen molar-refractivity contribution >= 4 is 28.8 Å². The summed E-state index contributed by atoms with van der Waals surface area (Å²) in [6, 6.07) is 12.9. The van der Waals surface area contributed by atoms with Gasteiger partial charge < -0.3 is 15.0 Å². The van der Waals surface area contributed by atoms with Crippen molar-refractivity contribution in [2.45, 2.75) is 13.8 Å². The number of carbonyl (C=O) groups is 2. The molecule has 0 bridgehead atoms. The van der Waals surface area contributed by atoms with E-state index in [0.29, 0.717) is 33.6 Å². The quantitative estimate of drug-likeness (QED) is 0.608. The van der Waals surface area contributed by atoms with E-state index < -0.39 is 0 Å². The van der Waals surface area contributed by atoms with Gasteiger partial charge in [-0.3, -0.25) is 9.59 Å².